The fourth-order valence-electron chi connectivity index (χ4n) is 9.90. The summed E-state index contributed by atoms with van der Waals surface area (Å²) in [5.41, 5.74) is 9.03. The molecule has 23 nitrogen and oxygen atoms in total. The highest BCUT2D eigenvalue weighted by Crippen LogP contribution is 2.43. The summed E-state index contributed by atoms with van der Waals surface area (Å²) >= 11 is 0. The fourth-order valence-corrected chi connectivity index (χ4v) is 9.90. The van der Waals surface area contributed by atoms with E-state index in [1.54, 1.807) is 81.4 Å². The number of aliphatic hydroxyl groups is 1. The number of methoxy groups -OCH3 is 2. The lowest BCUT2D eigenvalue weighted by molar-refractivity contribution is -0.132. The number of ether oxygens (including phenoxy) is 5. The smallest absolute Gasteiger partial charge is 0.416 e. The maximum Gasteiger partial charge on any atom is 0.416 e. The van der Waals surface area contributed by atoms with E-state index in [4.69, 9.17) is 29.4 Å². The van der Waals surface area contributed by atoms with Crippen LogP contribution < -0.4 is 50.8 Å². The number of nitrogens with zero attached hydrogens (tertiary/aromatic N) is 4. The van der Waals surface area contributed by atoms with Crippen LogP contribution in [0.5, 0.6) is 23.0 Å². The van der Waals surface area contributed by atoms with Gasteiger partial charge in [-0.3, -0.25) is 33.8 Å². The summed E-state index contributed by atoms with van der Waals surface area (Å²) in [5, 5.41) is 22.6. The molecule has 4 aliphatic heterocycles. The van der Waals surface area contributed by atoms with Gasteiger partial charge in [-0.25, -0.2) is 14.5 Å². The Morgan fingerprint density at radius 1 is 0.756 bits per heavy atom. The molecule has 0 spiro atoms. The standard InChI is InChI=1S/C59H75N9O14/c1-33(2)46(69)18-19-51(70)65-52(34(3)4)54(72)64-42(13-12-20-61-58(60)76)53(71)63-38-16-14-37(15-17-38)32-82-59(77)68-44-28-50(48(79-8)26-41(44)56(74)67-31-36(6)24-45(67)57(68)75)81-22-11-9-10-21-80-49-27-43-40(25-47(49)78-7)55(73)66-30-35(5)23-39(66)29-62-43/h14-17,25-31,33-34,39,42,45,52,57,75H,9-13,18-24,32H2,1-8H3,(H,63,71)(H,64,72)(H,65,70)(H3,60,61,76)/t39?,42-,45?,52-,57?/m0/s1. The number of anilines is 2. The molecule has 5 atom stereocenters. The van der Waals surface area contributed by atoms with Crippen molar-refractivity contribution in [2.75, 3.05) is 44.2 Å². The number of carbonyl (C=O) groups is 8. The first-order valence-electron chi connectivity index (χ1n) is 27.6. The van der Waals surface area contributed by atoms with Crippen LogP contribution >= 0.6 is 0 Å². The van der Waals surface area contributed by atoms with E-state index in [-0.39, 0.29) is 104 Å². The van der Waals surface area contributed by atoms with Crippen LogP contribution in [0.3, 0.4) is 0 Å². The lowest BCUT2D eigenvalue weighted by atomic mass is 10.0. The van der Waals surface area contributed by atoms with Gasteiger partial charge in [0.05, 0.1) is 62.0 Å². The molecule has 0 aromatic heterocycles. The number of primary amides is 1. The van der Waals surface area contributed by atoms with Crippen LogP contribution in [-0.4, -0.2) is 133 Å². The van der Waals surface area contributed by atoms with E-state index < -0.39 is 60.1 Å². The monoisotopic (exact) mass is 1130 g/mol. The molecule has 0 radical (unpaired) electrons. The average Bonchev–Trinajstić information content (AvgIpc) is 3.79. The number of urea groups is 1. The summed E-state index contributed by atoms with van der Waals surface area (Å²) < 4.78 is 29.5. The maximum atomic E-state index is 14.3. The number of fused-ring (bicyclic) bond motifs is 4. The van der Waals surface area contributed by atoms with Crippen LogP contribution in [0.4, 0.5) is 26.7 Å². The van der Waals surface area contributed by atoms with Crippen molar-refractivity contribution in [1.82, 2.24) is 25.8 Å². The number of Topliss-reactive ketones (excluding diaryl/α,β-unsaturated/α-hetero) is 1. The van der Waals surface area contributed by atoms with Crippen LogP contribution in [0.1, 0.15) is 126 Å². The van der Waals surface area contributed by atoms with E-state index in [0.717, 1.165) is 22.5 Å². The van der Waals surface area contributed by atoms with E-state index in [0.29, 0.717) is 59.9 Å². The van der Waals surface area contributed by atoms with Crippen molar-refractivity contribution in [3.8, 4) is 23.0 Å². The molecule has 0 saturated carbocycles. The Hall–Kier alpha value is -8.47. The van der Waals surface area contributed by atoms with E-state index in [9.17, 15) is 43.5 Å². The highest BCUT2D eigenvalue weighted by Gasteiger charge is 2.45. The Labute approximate surface area is 476 Å². The van der Waals surface area contributed by atoms with E-state index in [2.05, 4.69) is 26.3 Å². The van der Waals surface area contributed by atoms with Crippen LogP contribution in [0.15, 0.2) is 77.1 Å². The Morgan fingerprint density at radius 3 is 2.04 bits per heavy atom. The third-order valence-electron chi connectivity index (χ3n) is 14.4. The maximum absolute atomic E-state index is 14.3. The minimum absolute atomic E-state index is 0.0236. The molecule has 440 valence electrons. The molecule has 3 unspecified atom stereocenters. The van der Waals surface area contributed by atoms with Gasteiger partial charge in [-0.05, 0) is 94.5 Å². The number of aliphatic imine (C=N–C) groups is 1. The minimum Gasteiger partial charge on any atom is -0.493 e. The van der Waals surface area contributed by atoms with Gasteiger partial charge in [0, 0.05) is 61.7 Å². The topological polar surface area (TPSA) is 299 Å². The third kappa shape index (κ3) is 15.1. The number of amides is 8. The number of rotatable bonds is 26. The van der Waals surface area contributed by atoms with E-state index >= 15 is 0 Å². The number of ketones is 1. The van der Waals surface area contributed by atoms with E-state index in [1.165, 1.54) is 31.3 Å². The summed E-state index contributed by atoms with van der Waals surface area (Å²) in [7, 11) is 2.95. The van der Waals surface area contributed by atoms with Crippen molar-refractivity contribution in [3.63, 3.8) is 0 Å². The van der Waals surface area contributed by atoms with Crippen LogP contribution in [0.25, 0.3) is 0 Å². The number of unbranched alkanes of at least 4 members (excludes halogenated alkanes) is 2. The van der Waals surface area contributed by atoms with Crippen molar-refractivity contribution in [3.05, 3.63) is 88.8 Å². The first-order valence-corrected chi connectivity index (χ1v) is 27.6. The van der Waals surface area contributed by atoms with Gasteiger partial charge < -0.3 is 65.6 Å². The molecule has 0 bridgehead atoms. The molecule has 0 saturated heterocycles. The number of hydrogen-bond donors (Lipinski definition) is 6. The SMILES string of the molecule is COc1cc2c(cc1OCCCCCOc1cc3c(cc1OC)C(=O)N1C=C(C)CC1C(O)N3C(=O)OCc1ccc(NC(=O)[C@H](CCCNC(N)=O)NC(=O)[C@@H](NC(=O)CCC(=O)C(C)C)C(C)C)cc1)N=CC1CC(C)=CN1C2=O. The van der Waals surface area contributed by atoms with Gasteiger partial charge in [0.25, 0.3) is 11.8 Å². The van der Waals surface area contributed by atoms with Gasteiger partial charge in [0.2, 0.25) is 17.7 Å². The predicted octanol–water partition coefficient (Wildman–Crippen LogP) is 6.78. The molecule has 3 aromatic carbocycles. The largest absolute Gasteiger partial charge is 0.493 e. The average molecular weight is 1130 g/mol. The predicted molar refractivity (Wildman–Crippen MR) is 304 cm³/mol. The quantitative estimate of drug-likeness (QED) is 0.0452. The molecule has 23 heteroatoms. The normalized spacial score (nSPS) is 17.7. The number of carbonyl (C=O) groups excluding carboxylic acids is 8. The van der Waals surface area contributed by atoms with E-state index in [1.807, 2.05) is 20.0 Å². The Kier molecular flexibility index (Phi) is 20.7. The summed E-state index contributed by atoms with van der Waals surface area (Å²) in [4.78, 5) is 114. The first kappa shape index (κ1) is 61.2. The molecule has 8 amide bonds. The lowest BCUT2D eigenvalue weighted by Crippen LogP contribution is -2.54. The van der Waals surface area contributed by atoms with Gasteiger partial charge >= 0.3 is 12.1 Å². The molecule has 4 heterocycles. The first-order chi connectivity index (χ1) is 39.2. The zero-order valence-corrected chi connectivity index (χ0v) is 47.7. The summed E-state index contributed by atoms with van der Waals surface area (Å²) in [6.07, 6.45) is 5.99. The van der Waals surface area contributed by atoms with Gasteiger partial charge in [0.15, 0.2) is 29.2 Å². The molecular weight excluding hydrogens is 1060 g/mol. The number of nitrogens with one attached hydrogen (secondary N) is 4. The second-order valence-electron chi connectivity index (χ2n) is 21.4. The fraction of sp³-hybridized carbons (Fsp3) is 0.475. The third-order valence-corrected chi connectivity index (χ3v) is 14.4. The van der Waals surface area contributed by atoms with Crippen LogP contribution in [0, 0.1) is 11.8 Å². The molecular formula is C59H75N9O14. The second kappa shape index (κ2) is 27.8. The zero-order chi connectivity index (χ0) is 59.4. The molecule has 82 heavy (non-hydrogen) atoms. The molecule has 7 N–H and O–H groups in total. The molecule has 4 aliphatic rings. The molecule has 0 aliphatic carbocycles. The second-order valence-corrected chi connectivity index (χ2v) is 21.4. The Bertz CT molecular complexity index is 2990. The van der Waals surface area contributed by atoms with Crippen molar-refractivity contribution in [1.29, 1.82) is 0 Å². The number of aliphatic hydroxyl groups excluding tert-OH is 1. The van der Waals surface area contributed by atoms with Crippen molar-refractivity contribution < 1.29 is 67.1 Å². The van der Waals surface area contributed by atoms with Gasteiger partial charge in [-0.2, -0.15) is 0 Å². The zero-order valence-electron chi connectivity index (χ0n) is 47.7. The van der Waals surface area contributed by atoms with Crippen LogP contribution in [0.2, 0.25) is 0 Å². The van der Waals surface area contributed by atoms with Gasteiger partial charge in [0.1, 0.15) is 24.5 Å². The number of hydrogen-bond acceptors (Lipinski definition) is 15. The molecule has 0 fully saturated rings. The highest BCUT2D eigenvalue weighted by molar-refractivity contribution is 6.07. The summed E-state index contributed by atoms with van der Waals surface area (Å²) in [6, 6.07) is 8.85. The highest BCUT2D eigenvalue weighted by atomic mass is 16.6. The van der Waals surface area contributed by atoms with Crippen molar-refractivity contribution in [2.45, 2.75) is 136 Å². The van der Waals surface area contributed by atoms with Gasteiger partial charge in [-0.15, -0.1) is 0 Å². The minimum atomic E-state index is -1.54. The summed E-state index contributed by atoms with van der Waals surface area (Å²) in [6.45, 7) is 11.2. The summed E-state index contributed by atoms with van der Waals surface area (Å²) in [5.74, 6) is -1.67. The number of benzene rings is 3. The molecule has 7 rings (SSSR count). The number of nitrogens with two attached hydrogens (primary N) is 1. The van der Waals surface area contributed by atoms with Crippen molar-refractivity contribution >= 4 is 70.7 Å². The Balaban J connectivity index is 0.975. The Morgan fingerprint density at radius 2 is 1.39 bits per heavy atom. The van der Waals surface area contributed by atoms with Crippen LogP contribution in [-0.2, 0) is 30.5 Å². The van der Waals surface area contributed by atoms with Crippen molar-refractivity contribution in [2.24, 2.45) is 22.6 Å². The molecule has 3 aromatic rings. The van der Waals surface area contributed by atoms with Gasteiger partial charge in [-0.1, -0.05) is 51.0 Å². The lowest BCUT2D eigenvalue weighted by Gasteiger charge is -2.31.